The fourth-order valence-corrected chi connectivity index (χ4v) is 0.158. The predicted molar refractivity (Wildman–Crippen MR) is 28.9 cm³/mol. The van der Waals surface area contributed by atoms with Crippen molar-refractivity contribution in [2.24, 2.45) is 0 Å². The number of rotatable bonds is 2. The molecule has 0 saturated carbocycles. The molecule has 1 radical (unpaired) electrons. The van der Waals surface area contributed by atoms with Crippen LogP contribution >= 0.6 is 0 Å². The largest absolute Gasteiger partial charge is 0.293 e. The maximum absolute atomic E-state index is 9.90. The van der Waals surface area contributed by atoms with Gasteiger partial charge < -0.3 is 0 Å². The molecule has 6 heteroatoms. The molecule has 0 heterocycles. The Hall–Kier alpha value is 1.51. The van der Waals surface area contributed by atoms with E-state index in [1.54, 1.807) is 0 Å². The first-order valence-electron chi connectivity index (χ1n) is 1.68. The van der Waals surface area contributed by atoms with E-state index < -0.39 is 10.1 Å². The van der Waals surface area contributed by atoms with Gasteiger partial charge in [0.2, 0.25) is 0 Å². The molecule has 1 N–H and O–H groups in total. The zero-order valence-corrected chi connectivity index (χ0v) is 8.73. The molecular weight excluding hydrogens is 159 g/mol. The monoisotopic (exact) mass is 165 g/mol. The first-order valence-corrected chi connectivity index (χ1v) is 3.26. The first-order chi connectivity index (χ1) is 3.12. The van der Waals surface area contributed by atoms with Crippen LogP contribution in [-0.4, -0.2) is 70.8 Å². The molecule has 45 valence electrons. The molecule has 0 bridgehead atoms. The van der Waals surface area contributed by atoms with Crippen LogP contribution in [0.25, 0.3) is 0 Å². The molecule has 0 spiro atoms. The summed E-state index contributed by atoms with van der Waals surface area (Å²) >= 11 is 0. The van der Waals surface area contributed by atoms with Gasteiger partial charge in [-0.3, -0.25) is 0 Å². The van der Waals surface area contributed by atoms with Gasteiger partial charge in [-0.25, -0.2) is 5.26 Å². The normalized spacial score (nSPS) is 10.2. The van der Waals surface area contributed by atoms with Gasteiger partial charge in [-0.15, -0.1) is 4.33 Å². The summed E-state index contributed by atoms with van der Waals surface area (Å²) in [7, 11) is -3.60. The van der Waals surface area contributed by atoms with Crippen LogP contribution < -0.4 is 0 Å². The average Bonchev–Trinajstić information content (AvgIpc) is 1.68. The molecule has 0 aliphatic carbocycles. The van der Waals surface area contributed by atoms with Crippen molar-refractivity contribution in [3.63, 3.8) is 0 Å². The zero-order chi connectivity index (χ0) is 5.91. The second-order valence-electron chi connectivity index (χ2n) is 0.921. The third-order valence-corrected chi connectivity index (χ3v) is 1.40. The second kappa shape index (κ2) is 5.30. The summed E-state index contributed by atoms with van der Waals surface area (Å²) in [6.07, 6.45) is 0. The zero-order valence-electron chi connectivity index (χ0n) is 4.79. The molecular formula is C2H6KO4S. The standard InChI is InChI=1S/C2H6O4S.K/c1-2-7(4,5)6-3;/h3H,2H2,1H3;. The van der Waals surface area contributed by atoms with Gasteiger partial charge in [0.25, 0.3) is 10.1 Å². The van der Waals surface area contributed by atoms with Crippen molar-refractivity contribution in [3.05, 3.63) is 0 Å². The summed E-state index contributed by atoms with van der Waals surface area (Å²) in [6.45, 7) is 1.37. The van der Waals surface area contributed by atoms with Crippen LogP contribution in [0.2, 0.25) is 0 Å². The van der Waals surface area contributed by atoms with Gasteiger partial charge in [-0.1, -0.05) is 0 Å². The van der Waals surface area contributed by atoms with Crippen LogP contribution in [0.1, 0.15) is 6.92 Å². The van der Waals surface area contributed by atoms with Crippen molar-refractivity contribution in [1.82, 2.24) is 0 Å². The summed E-state index contributed by atoms with van der Waals surface area (Å²) in [5.74, 6) is -0.205. The number of hydrogen-bond donors (Lipinski definition) is 1. The molecule has 0 aromatic heterocycles. The van der Waals surface area contributed by atoms with Gasteiger partial charge >= 0.3 is 0 Å². The Morgan fingerprint density at radius 1 is 1.62 bits per heavy atom. The van der Waals surface area contributed by atoms with Crippen molar-refractivity contribution in [2.75, 3.05) is 5.75 Å². The molecule has 0 saturated heterocycles. The van der Waals surface area contributed by atoms with E-state index in [1.165, 1.54) is 6.92 Å². The van der Waals surface area contributed by atoms with Crippen molar-refractivity contribution >= 4 is 61.5 Å². The summed E-state index contributed by atoms with van der Waals surface area (Å²) in [5.41, 5.74) is 0. The van der Waals surface area contributed by atoms with E-state index in [0.717, 1.165) is 0 Å². The molecule has 0 aromatic rings. The summed E-state index contributed by atoms with van der Waals surface area (Å²) in [6, 6.07) is 0. The summed E-state index contributed by atoms with van der Waals surface area (Å²) in [4.78, 5) is 0. The molecule has 0 fully saturated rings. The van der Waals surface area contributed by atoms with Gasteiger partial charge in [0.15, 0.2) is 0 Å². The van der Waals surface area contributed by atoms with Crippen molar-refractivity contribution in [3.8, 4) is 0 Å². The van der Waals surface area contributed by atoms with Crippen molar-refractivity contribution in [2.45, 2.75) is 6.92 Å². The Morgan fingerprint density at radius 3 is 2.00 bits per heavy atom. The van der Waals surface area contributed by atoms with Crippen LogP contribution in [0, 0.1) is 0 Å². The Labute approximate surface area is 90.7 Å². The van der Waals surface area contributed by atoms with E-state index in [-0.39, 0.29) is 57.1 Å². The molecule has 0 aromatic carbocycles. The third-order valence-electron chi connectivity index (χ3n) is 0.467. The molecule has 0 unspecified atom stereocenters. The quantitative estimate of drug-likeness (QED) is 0.338. The van der Waals surface area contributed by atoms with E-state index in [2.05, 4.69) is 4.33 Å². The summed E-state index contributed by atoms with van der Waals surface area (Å²) in [5, 5.41) is 7.51. The van der Waals surface area contributed by atoms with E-state index in [1.807, 2.05) is 0 Å². The third kappa shape index (κ3) is 5.64. The molecule has 0 atom stereocenters. The van der Waals surface area contributed by atoms with E-state index >= 15 is 0 Å². The van der Waals surface area contributed by atoms with Gasteiger partial charge in [-0.05, 0) is 6.92 Å². The molecule has 0 amide bonds. The second-order valence-corrected chi connectivity index (χ2v) is 2.76. The smallest absolute Gasteiger partial charge is 0.235 e. The fraction of sp³-hybridized carbons (Fsp3) is 1.00. The Bertz CT molecular complexity index is 117. The minimum Gasteiger partial charge on any atom is -0.235 e. The van der Waals surface area contributed by atoms with E-state index in [0.29, 0.717) is 0 Å². The maximum atomic E-state index is 9.90. The molecule has 4 nitrogen and oxygen atoms in total. The van der Waals surface area contributed by atoms with Gasteiger partial charge in [0, 0.05) is 51.4 Å². The van der Waals surface area contributed by atoms with Gasteiger partial charge in [0.1, 0.15) is 0 Å². The van der Waals surface area contributed by atoms with Crippen LogP contribution in [-0.2, 0) is 14.5 Å². The topological polar surface area (TPSA) is 63.6 Å². The molecule has 0 aliphatic rings. The Kier molecular flexibility index (Phi) is 8.09. The molecule has 8 heavy (non-hydrogen) atoms. The van der Waals surface area contributed by atoms with Crippen LogP contribution in [0.15, 0.2) is 0 Å². The fourth-order valence-electron chi connectivity index (χ4n) is 0.0527. The maximum Gasteiger partial charge on any atom is 0.293 e. The summed E-state index contributed by atoms with van der Waals surface area (Å²) < 4.78 is 22.9. The van der Waals surface area contributed by atoms with Crippen molar-refractivity contribution in [1.29, 1.82) is 0 Å². The Morgan fingerprint density at radius 2 is 2.00 bits per heavy atom. The molecule has 0 rings (SSSR count). The number of hydrogen-bond acceptors (Lipinski definition) is 4. The van der Waals surface area contributed by atoms with Gasteiger partial charge in [-0.2, -0.15) is 8.42 Å². The van der Waals surface area contributed by atoms with Crippen molar-refractivity contribution < 1.29 is 18.0 Å². The average molecular weight is 165 g/mol. The van der Waals surface area contributed by atoms with Crippen LogP contribution in [0.4, 0.5) is 0 Å². The predicted octanol–water partition coefficient (Wildman–Crippen LogP) is -0.555. The van der Waals surface area contributed by atoms with Crippen LogP contribution in [0.5, 0.6) is 0 Å². The minimum absolute atomic E-state index is 0. The van der Waals surface area contributed by atoms with E-state index in [4.69, 9.17) is 5.26 Å². The SMILES string of the molecule is CCS(=O)(=O)OO.[K]. The molecule has 0 aliphatic heterocycles. The Balaban J connectivity index is 0. The van der Waals surface area contributed by atoms with Crippen LogP contribution in [0.3, 0.4) is 0 Å². The van der Waals surface area contributed by atoms with Gasteiger partial charge in [0.05, 0.1) is 5.75 Å². The van der Waals surface area contributed by atoms with E-state index in [9.17, 15) is 8.42 Å². The first kappa shape index (κ1) is 12.2. The minimum atomic E-state index is -3.60.